The molecule has 29 heavy (non-hydrogen) atoms. The van der Waals surface area contributed by atoms with Gasteiger partial charge in [-0.05, 0) is 43.1 Å². The molecule has 0 bridgehead atoms. The molecule has 0 amide bonds. The Morgan fingerprint density at radius 3 is 2.93 bits per heavy atom. The average molecular weight is 391 g/mol. The first-order valence-corrected chi connectivity index (χ1v) is 9.58. The zero-order chi connectivity index (χ0) is 20.4. The maximum atomic E-state index is 8.07. The molecule has 9 nitrogen and oxygen atoms in total. The van der Waals surface area contributed by atoms with E-state index in [0.717, 1.165) is 54.1 Å². The minimum Gasteiger partial charge on any atom is -0.370 e. The lowest BCUT2D eigenvalue weighted by molar-refractivity contribution is 0.587. The Bertz CT molecular complexity index is 1020. The molecular formula is C20H25N9. The Labute approximate surface area is 169 Å². The molecule has 0 spiro atoms. The topological polar surface area (TPSA) is 135 Å². The maximum Gasteiger partial charge on any atom is 0.220 e. The average Bonchev–Trinajstić information content (AvgIpc) is 2.96. The molecule has 1 aliphatic rings. The molecule has 4 rings (SSSR count). The van der Waals surface area contributed by atoms with Crippen molar-refractivity contribution in [3.05, 3.63) is 53.3 Å². The van der Waals surface area contributed by atoms with Crippen molar-refractivity contribution in [2.24, 2.45) is 5.73 Å². The second kappa shape index (κ2) is 7.88. The molecule has 6 N–H and O–H groups in total. The van der Waals surface area contributed by atoms with E-state index < -0.39 is 0 Å². The Hall–Kier alpha value is -3.46. The number of aryl methyl sites for hydroxylation is 2. The van der Waals surface area contributed by atoms with Crippen molar-refractivity contribution >= 4 is 17.7 Å². The monoisotopic (exact) mass is 391 g/mol. The van der Waals surface area contributed by atoms with Crippen molar-refractivity contribution in [1.82, 2.24) is 25.1 Å². The Morgan fingerprint density at radius 1 is 1.31 bits per heavy atom. The highest BCUT2D eigenvalue weighted by Crippen LogP contribution is 2.24. The summed E-state index contributed by atoms with van der Waals surface area (Å²) in [7, 11) is 0. The Kier molecular flexibility index (Phi) is 5.13. The van der Waals surface area contributed by atoms with Crippen LogP contribution in [-0.4, -0.2) is 32.3 Å². The molecule has 9 heteroatoms. The number of nitrogen functional groups attached to an aromatic ring is 1. The zero-order valence-corrected chi connectivity index (χ0v) is 16.4. The van der Waals surface area contributed by atoms with Gasteiger partial charge in [0.1, 0.15) is 0 Å². The Balaban J connectivity index is 1.60. The molecule has 3 heterocycles. The first-order valence-electron chi connectivity index (χ1n) is 9.58. The van der Waals surface area contributed by atoms with Crippen LogP contribution >= 0.6 is 0 Å². The lowest BCUT2D eigenvalue weighted by Crippen LogP contribution is -2.36. The molecule has 0 saturated carbocycles. The largest absolute Gasteiger partial charge is 0.370 e. The van der Waals surface area contributed by atoms with E-state index in [9.17, 15) is 0 Å². The maximum absolute atomic E-state index is 8.07. The van der Waals surface area contributed by atoms with Gasteiger partial charge in [-0.15, -0.1) is 0 Å². The van der Waals surface area contributed by atoms with Crippen LogP contribution in [0.3, 0.4) is 0 Å². The van der Waals surface area contributed by atoms with E-state index in [0.29, 0.717) is 12.4 Å². The van der Waals surface area contributed by atoms with E-state index in [1.54, 1.807) is 11.1 Å². The van der Waals surface area contributed by atoms with Crippen LogP contribution in [0, 0.1) is 12.3 Å². The third-order valence-corrected chi connectivity index (χ3v) is 5.09. The van der Waals surface area contributed by atoms with Crippen molar-refractivity contribution < 1.29 is 0 Å². The molecule has 0 atom stereocenters. The van der Waals surface area contributed by atoms with Crippen LogP contribution < -0.4 is 21.7 Å². The van der Waals surface area contributed by atoms with Crippen LogP contribution in [-0.2, 0) is 19.6 Å². The standard InChI is InChI=1S/C20H25N9/c1-13-9-14(17-5-7-25-20(23)26-17)3-4-15(13)12-28(19(21)22)18-10-16-11-24-6-2-8-29(16)27-18/h3-5,7,9-10,24H,2,6,8,11-12H2,1H3,(H3,21,22)(H2,23,25,26). The van der Waals surface area contributed by atoms with Gasteiger partial charge in [0, 0.05) is 30.9 Å². The minimum atomic E-state index is -0.0294. The lowest BCUT2D eigenvalue weighted by Gasteiger charge is -2.21. The summed E-state index contributed by atoms with van der Waals surface area (Å²) in [6.45, 7) is 5.13. The van der Waals surface area contributed by atoms with Crippen LogP contribution in [0.25, 0.3) is 11.3 Å². The number of anilines is 2. The van der Waals surface area contributed by atoms with Crippen LogP contribution in [0.1, 0.15) is 23.2 Å². The van der Waals surface area contributed by atoms with Gasteiger partial charge in [0.25, 0.3) is 0 Å². The normalized spacial score (nSPS) is 13.6. The second-order valence-corrected chi connectivity index (χ2v) is 7.16. The number of nitrogens with zero attached hydrogens (tertiary/aromatic N) is 5. The zero-order valence-electron chi connectivity index (χ0n) is 16.4. The number of benzene rings is 1. The number of hydrogen-bond donors (Lipinski definition) is 4. The fraction of sp³-hybridized carbons (Fsp3) is 0.300. The second-order valence-electron chi connectivity index (χ2n) is 7.16. The van der Waals surface area contributed by atoms with Gasteiger partial charge in [-0.25, -0.2) is 9.97 Å². The molecule has 1 aromatic carbocycles. The molecule has 0 fully saturated rings. The summed E-state index contributed by atoms with van der Waals surface area (Å²) in [5.74, 6) is 0.919. The van der Waals surface area contributed by atoms with Crippen LogP contribution in [0.2, 0.25) is 0 Å². The molecule has 0 unspecified atom stereocenters. The molecule has 3 aromatic rings. The molecule has 0 aliphatic carbocycles. The predicted octanol–water partition coefficient (Wildman–Crippen LogP) is 1.62. The van der Waals surface area contributed by atoms with E-state index in [4.69, 9.17) is 16.9 Å². The van der Waals surface area contributed by atoms with Gasteiger partial charge in [0.2, 0.25) is 5.95 Å². The van der Waals surface area contributed by atoms with Gasteiger partial charge in [0.15, 0.2) is 11.8 Å². The summed E-state index contributed by atoms with van der Waals surface area (Å²) in [6.07, 6.45) is 2.68. The number of rotatable bonds is 4. The number of fused-ring (bicyclic) bond motifs is 1. The van der Waals surface area contributed by atoms with Crippen LogP contribution in [0.15, 0.2) is 36.5 Å². The van der Waals surface area contributed by atoms with Crippen LogP contribution in [0.5, 0.6) is 0 Å². The van der Waals surface area contributed by atoms with Crippen molar-refractivity contribution in [2.75, 3.05) is 17.2 Å². The highest BCUT2D eigenvalue weighted by atomic mass is 15.4. The number of hydrogen-bond acceptors (Lipinski definition) is 6. The number of nitrogens with one attached hydrogen (secondary N) is 2. The molecule has 0 radical (unpaired) electrons. The molecule has 1 aliphatic heterocycles. The van der Waals surface area contributed by atoms with Crippen molar-refractivity contribution in [2.45, 2.75) is 33.0 Å². The summed E-state index contributed by atoms with van der Waals surface area (Å²) in [4.78, 5) is 9.95. The number of aromatic nitrogens is 4. The number of guanidine groups is 1. The summed E-state index contributed by atoms with van der Waals surface area (Å²) in [5.41, 5.74) is 16.6. The van der Waals surface area contributed by atoms with Gasteiger partial charge < -0.3 is 16.8 Å². The quantitative estimate of drug-likeness (QED) is 0.392. The summed E-state index contributed by atoms with van der Waals surface area (Å²) >= 11 is 0. The smallest absolute Gasteiger partial charge is 0.220 e. The fourth-order valence-corrected chi connectivity index (χ4v) is 3.51. The van der Waals surface area contributed by atoms with Gasteiger partial charge in [-0.1, -0.05) is 12.1 Å². The number of nitrogens with two attached hydrogens (primary N) is 2. The molecule has 0 saturated heterocycles. The summed E-state index contributed by atoms with van der Waals surface area (Å²) < 4.78 is 2.00. The predicted molar refractivity (Wildman–Crippen MR) is 113 cm³/mol. The minimum absolute atomic E-state index is 0.0294. The lowest BCUT2D eigenvalue weighted by atomic mass is 10.0. The van der Waals surface area contributed by atoms with Gasteiger partial charge in [-0.3, -0.25) is 15.0 Å². The molecule has 150 valence electrons. The van der Waals surface area contributed by atoms with E-state index in [1.165, 1.54) is 0 Å². The van der Waals surface area contributed by atoms with Gasteiger partial charge >= 0.3 is 0 Å². The van der Waals surface area contributed by atoms with Crippen molar-refractivity contribution in [3.8, 4) is 11.3 Å². The third kappa shape index (κ3) is 4.04. The Morgan fingerprint density at radius 2 is 2.17 bits per heavy atom. The molecular weight excluding hydrogens is 366 g/mol. The van der Waals surface area contributed by atoms with Crippen molar-refractivity contribution in [1.29, 1.82) is 5.41 Å². The molecule has 2 aromatic heterocycles. The SMILES string of the molecule is Cc1cc(-c2ccnc(N)n2)ccc1CN(C(=N)N)c1cc2n(n1)CCCNC2. The first-order chi connectivity index (χ1) is 14.0. The van der Waals surface area contributed by atoms with E-state index >= 15 is 0 Å². The third-order valence-electron chi connectivity index (χ3n) is 5.09. The van der Waals surface area contributed by atoms with Crippen molar-refractivity contribution in [3.63, 3.8) is 0 Å². The van der Waals surface area contributed by atoms with Gasteiger partial charge in [-0.2, -0.15) is 5.10 Å². The van der Waals surface area contributed by atoms with E-state index in [1.807, 2.05) is 35.9 Å². The first kappa shape index (κ1) is 18.9. The van der Waals surface area contributed by atoms with Crippen LogP contribution in [0.4, 0.5) is 11.8 Å². The van der Waals surface area contributed by atoms with Gasteiger partial charge in [0.05, 0.1) is 17.9 Å². The fourth-order valence-electron chi connectivity index (χ4n) is 3.51. The summed E-state index contributed by atoms with van der Waals surface area (Å²) in [6, 6.07) is 9.92. The highest BCUT2D eigenvalue weighted by molar-refractivity contribution is 5.91. The summed E-state index contributed by atoms with van der Waals surface area (Å²) in [5, 5.41) is 16.1. The highest BCUT2D eigenvalue weighted by Gasteiger charge is 2.19. The van der Waals surface area contributed by atoms with E-state index in [-0.39, 0.29) is 11.9 Å². The van der Waals surface area contributed by atoms with E-state index in [2.05, 4.69) is 26.4 Å².